The lowest BCUT2D eigenvalue weighted by Gasteiger charge is -2.30. The maximum atomic E-state index is 12.6. The Kier molecular flexibility index (Phi) is 5.50. The zero-order valence-electron chi connectivity index (χ0n) is 12.3. The minimum Gasteiger partial charge on any atom is -0.379 e. The molecule has 0 radical (unpaired) electrons. The highest BCUT2D eigenvalue weighted by Gasteiger charge is 2.42. The number of piperazine rings is 1. The number of nitrogens with zero attached hydrogens (tertiary/aromatic N) is 1. The number of pyridine rings is 1. The summed E-state index contributed by atoms with van der Waals surface area (Å²) in [4.78, 5) is 4.74. The van der Waals surface area contributed by atoms with E-state index in [2.05, 4.69) is 4.98 Å². The smallest absolute Gasteiger partial charge is 0.379 e. The van der Waals surface area contributed by atoms with Gasteiger partial charge < -0.3 is 10.0 Å². The number of halogens is 7. The van der Waals surface area contributed by atoms with Crippen molar-refractivity contribution in [3.05, 3.63) is 22.8 Å². The SMILES string of the molecule is O[C@@H](C[NH+]1CCN(c2[nH+]cc(C(F)(F)F)cc2Cl)CC1)C(F)(F)F. The molecule has 1 aromatic heterocycles. The zero-order chi connectivity index (χ0) is 18.1. The Labute approximate surface area is 138 Å². The Morgan fingerprint density at radius 2 is 1.79 bits per heavy atom. The minimum atomic E-state index is -4.66. The molecule has 0 bridgehead atoms. The quantitative estimate of drug-likeness (QED) is 0.763. The summed E-state index contributed by atoms with van der Waals surface area (Å²) in [7, 11) is 0. The number of rotatable bonds is 3. The number of aliphatic hydroxyl groups excluding tert-OH is 1. The third-order valence-corrected chi connectivity index (χ3v) is 4.13. The second-order valence-electron chi connectivity index (χ2n) is 5.58. The molecule has 0 spiro atoms. The molecule has 3 N–H and O–H groups in total. The van der Waals surface area contributed by atoms with E-state index in [1.807, 2.05) is 0 Å². The van der Waals surface area contributed by atoms with Gasteiger partial charge in [0.15, 0.2) is 6.10 Å². The number of aromatic nitrogens is 1. The highest BCUT2D eigenvalue weighted by molar-refractivity contribution is 6.32. The Hall–Kier alpha value is -1.26. The van der Waals surface area contributed by atoms with Crippen molar-refractivity contribution in [2.45, 2.75) is 18.5 Å². The molecule has 0 aliphatic carbocycles. The van der Waals surface area contributed by atoms with Crippen molar-refractivity contribution in [1.29, 1.82) is 0 Å². The van der Waals surface area contributed by atoms with Crippen LogP contribution >= 0.6 is 11.6 Å². The first kappa shape index (κ1) is 19.1. The van der Waals surface area contributed by atoms with Gasteiger partial charge in [-0.25, -0.2) is 9.88 Å². The van der Waals surface area contributed by atoms with Crippen LogP contribution in [0.4, 0.5) is 32.2 Å². The first-order valence-corrected chi connectivity index (χ1v) is 7.48. The van der Waals surface area contributed by atoms with Gasteiger partial charge in [0, 0.05) is 0 Å². The molecule has 0 saturated carbocycles. The summed E-state index contributed by atoms with van der Waals surface area (Å²) in [6.07, 6.45) is -10.8. The number of H-pyrrole nitrogens is 1. The van der Waals surface area contributed by atoms with E-state index >= 15 is 0 Å². The average Bonchev–Trinajstić information content (AvgIpc) is 2.46. The second-order valence-corrected chi connectivity index (χ2v) is 5.99. The van der Waals surface area contributed by atoms with Crippen LogP contribution in [-0.4, -0.2) is 50.1 Å². The number of aliphatic hydroxyl groups is 1. The molecule has 24 heavy (non-hydrogen) atoms. The first-order valence-electron chi connectivity index (χ1n) is 7.10. The van der Waals surface area contributed by atoms with E-state index in [-0.39, 0.29) is 5.02 Å². The molecular weight excluding hydrogens is 364 g/mol. The Balaban J connectivity index is 1.98. The molecule has 1 aromatic rings. The van der Waals surface area contributed by atoms with Gasteiger partial charge >= 0.3 is 12.4 Å². The van der Waals surface area contributed by atoms with Gasteiger partial charge in [-0.05, 0) is 6.07 Å². The van der Waals surface area contributed by atoms with E-state index in [4.69, 9.17) is 16.7 Å². The van der Waals surface area contributed by atoms with Crippen molar-refractivity contribution in [3.8, 4) is 0 Å². The summed E-state index contributed by atoms with van der Waals surface area (Å²) in [5.74, 6) is 0.292. The van der Waals surface area contributed by atoms with Crippen LogP contribution in [-0.2, 0) is 6.18 Å². The van der Waals surface area contributed by atoms with Crippen molar-refractivity contribution in [2.75, 3.05) is 37.6 Å². The van der Waals surface area contributed by atoms with Crippen molar-refractivity contribution in [2.24, 2.45) is 0 Å². The molecule has 1 atom stereocenters. The van der Waals surface area contributed by atoms with Gasteiger partial charge in [-0.15, -0.1) is 0 Å². The summed E-state index contributed by atoms with van der Waals surface area (Å²) in [5.41, 5.74) is -0.909. The van der Waals surface area contributed by atoms with Gasteiger partial charge in [0.05, 0.1) is 5.56 Å². The van der Waals surface area contributed by atoms with E-state index in [9.17, 15) is 26.3 Å². The molecule has 2 rings (SSSR count). The predicted molar refractivity (Wildman–Crippen MR) is 72.8 cm³/mol. The normalized spacial score (nSPS) is 18.8. The summed E-state index contributed by atoms with van der Waals surface area (Å²) < 4.78 is 74.8. The van der Waals surface area contributed by atoms with E-state index in [1.54, 1.807) is 4.90 Å². The lowest BCUT2D eigenvalue weighted by Crippen LogP contribution is -3.16. The van der Waals surface area contributed by atoms with Crippen LogP contribution in [0, 0.1) is 0 Å². The van der Waals surface area contributed by atoms with Crippen LogP contribution in [0.15, 0.2) is 12.3 Å². The number of nitrogens with one attached hydrogen (secondary N) is 2. The van der Waals surface area contributed by atoms with Crippen molar-refractivity contribution >= 4 is 17.4 Å². The lowest BCUT2D eigenvalue weighted by molar-refractivity contribution is -0.905. The fraction of sp³-hybridized carbons (Fsp3) is 0.615. The van der Waals surface area contributed by atoms with Crippen LogP contribution in [0.1, 0.15) is 5.56 Å². The topological polar surface area (TPSA) is 42.1 Å². The fourth-order valence-corrected chi connectivity index (χ4v) is 2.80. The maximum Gasteiger partial charge on any atom is 0.419 e. The van der Waals surface area contributed by atoms with Crippen LogP contribution in [0.3, 0.4) is 0 Å². The summed E-state index contributed by atoms with van der Waals surface area (Å²) >= 11 is 5.88. The van der Waals surface area contributed by atoms with Gasteiger partial charge in [-0.1, -0.05) is 11.6 Å². The third kappa shape index (κ3) is 4.64. The highest BCUT2D eigenvalue weighted by Crippen LogP contribution is 2.32. The van der Waals surface area contributed by atoms with Gasteiger partial charge in [-0.2, -0.15) is 26.3 Å². The van der Waals surface area contributed by atoms with Crippen LogP contribution < -0.4 is 14.8 Å². The molecule has 0 amide bonds. The summed E-state index contributed by atoms with van der Waals surface area (Å²) in [5, 5.41) is 8.97. The number of hydrogen-bond acceptors (Lipinski definition) is 2. The van der Waals surface area contributed by atoms with Gasteiger partial charge in [0.2, 0.25) is 0 Å². The molecule has 1 saturated heterocycles. The van der Waals surface area contributed by atoms with Crippen molar-refractivity contribution in [1.82, 2.24) is 0 Å². The number of quaternary nitrogens is 1. The second kappa shape index (κ2) is 6.93. The van der Waals surface area contributed by atoms with E-state index < -0.39 is 30.6 Å². The van der Waals surface area contributed by atoms with Gasteiger partial charge in [0.1, 0.15) is 43.9 Å². The van der Waals surface area contributed by atoms with E-state index in [0.29, 0.717) is 36.9 Å². The van der Waals surface area contributed by atoms with Crippen LogP contribution in [0.5, 0.6) is 0 Å². The molecule has 1 fully saturated rings. The van der Waals surface area contributed by atoms with E-state index in [1.165, 1.54) is 0 Å². The molecule has 1 aliphatic heterocycles. The van der Waals surface area contributed by atoms with Crippen molar-refractivity contribution in [3.63, 3.8) is 0 Å². The Bertz CT molecular complexity index is 572. The highest BCUT2D eigenvalue weighted by atomic mass is 35.5. The van der Waals surface area contributed by atoms with E-state index in [0.717, 1.165) is 12.3 Å². The summed E-state index contributed by atoms with van der Waals surface area (Å²) in [6, 6.07) is 0.806. The van der Waals surface area contributed by atoms with Gasteiger partial charge in [0.25, 0.3) is 5.82 Å². The van der Waals surface area contributed by atoms with Crippen LogP contribution in [0.25, 0.3) is 0 Å². The Morgan fingerprint density at radius 3 is 2.25 bits per heavy atom. The van der Waals surface area contributed by atoms with Crippen LogP contribution in [0.2, 0.25) is 5.02 Å². The largest absolute Gasteiger partial charge is 0.419 e. The van der Waals surface area contributed by atoms with Crippen molar-refractivity contribution < 1.29 is 41.3 Å². The molecule has 1 aliphatic rings. The number of anilines is 1. The number of hydrogen-bond donors (Lipinski definition) is 2. The summed E-state index contributed by atoms with van der Waals surface area (Å²) in [6.45, 7) is 0.765. The maximum absolute atomic E-state index is 12.6. The molecule has 136 valence electrons. The molecule has 4 nitrogen and oxygen atoms in total. The molecule has 2 heterocycles. The monoisotopic (exact) mass is 379 g/mol. The minimum absolute atomic E-state index is 0.108. The molecular formula is C13H16ClF6N3O+2. The fourth-order valence-electron chi connectivity index (χ4n) is 2.51. The number of alkyl halides is 6. The molecule has 0 unspecified atom stereocenters. The molecule has 11 heteroatoms. The number of aromatic amines is 1. The first-order chi connectivity index (χ1) is 11.0. The Morgan fingerprint density at radius 1 is 1.21 bits per heavy atom. The lowest BCUT2D eigenvalue weighted by atomic mass is 10.2. The standard InChI is InChI=1S/C13H14ClF6N3O/c14-9-5-8(12(15,16)17)6-21-11(9)23-3-1-22(2-4-23)7-10(24)13(18,19)20/h5-6,10,24H,1-4,7H2/p+2/t10-/m0/s1. The zero-order valence-corrected chi connectivity index (χ0v) is 13.1. The predicted octanol–water partition coefficient (Wildman–Crippen LogP) is 0.801. The van der Waals surface area contributed by atoms with Gasteiger partial charge in [-0.3, -0.25) is 0 Å². The average molecular weight is 380 g/mol. The molecule has 0 aromatic carbocycles. The third-order valence-electron chi connectivity index (χ3n) is 3.85.